The van der Waals surface area contributed by atoms with Crippen molar-refractivity contribution in [2.75, 3.05) is 0 Å². The van der Waals surface area contributed by atoms with E-state index in [-0.39, 0.29) is 0 Å². The standard InChI is InChI=1S/C10H13N5/c1-7-3-8(2)15(14-7)10-6-12-5-9(4-11)13-10/h3,5-6H,4,11H2,1-2H3. The monoisotopic (exact) mass is 203 g/mol. The fraction of sp³-hybridized carbons (Fsp3) is 0.300. The molecule has 2 rings (SSSR count). The third-order valence-corrected chi connectivity index (χ3v) is 2.11. The molecule has 2 aromatic rings. The number of hydrogen-bond acceptors (Lipinski definition) is 4. The molecule has 0 spiro atoms. The van der Waals surface area contributed by atoms with Gasteiger partial charge in [0.1, 0.15) is 0 Å². The van der Waals surface area contributed by atoms with Crippen molar-refractivity contribution in [3.05, 3.63) is 35.5 Å². The van der Waals surface area contributed by atoms with Crippen molar-refractivity contribution >= 4 is 0 Å². The van der Waals surface area contributed by atoms with Gasteiger partial charge in [0.25, 0.3) is 0 Å². The lowest BCUT2D eigenvalue weighted by atomic mass is 10.4. The second-order valence-corrected chi connectivity index (χ2v) is 3.41. The molecule has 0 radical (unpaired) electrons. The van der Waals surface area contributed by atoms with Crippen molar-refractivity contribution in [2.24, 2.45) is 5.73 Å². The molecule has 0 fully saturated rings. The number of hydrogen-bond donors (Lipinski definition) is 1. The maximum Gasteiger partial charge on any atom is 0.172 e. The Morgan fingerprint density at radius 1 is 1.33 bits per heavy atom. The summed E-state index contributed by atoms with van der Waals surface area (Å²) in [5, 5.41) is 4.33. The van der Waals surface area contributed by atoms with Crippen LogP contribution in [0, 0.1) is 13.8 Å². The van der Waals surface area contributed by atoms with Crippen LogP contribution >= 0.6 is 0 Å². The van der Waals surface area contributed by atoms with E-state index >= 15 is 0 Å². The van der Waals surface area contributed by atoms with Gasteiger partial charge in [-0.2, -0.15) is 5.10 Å². The van der Waals surface area contributed by atoms with E-state index in [2.05, 4.69) is 15.1 Å². The van der Waals surface area contributed by atoms with Crippen LogP contribution < -0.4 is 5.73 Å². The highest BCUT2D eigenvalue weighted by Gasteiger charge is 2.05. The first-order valence-electron chi connectivity index (χ1n) is 4.75. The molecule has 0 bridgehead atoms. The number of nitrogens with two attached hydrogens (primary N) is 1. The molecule has 0 aliphatic heterocycles. The van der Waals surface area contributed by atoms with E-state index in [4.69, 9.17) is 5.73 Å². The van der Waals surface area contributed by atoms with Crippen molar-refractivity contribution < 1.29 is 0 Å². The van der Waals surface area contributed by atoms with Gasteiger partial charge in [-0.3, -0.25) is 4.98 Å². The summed E-state index contributed by atoms with van der Waals surface area (Å²) in [5.41, 5.74) is 8.27. The first-order valence-corrected chi connectivity index (χ1v) is 4.75. The molecule has 5 heteroatoms. The Morgan fingerprint density at radius 2 is 2.13 bits per heavy atom. The highest BCUT2D eigenvalue weighted by atomic mass is 15.3. The molecule has 5 nitrogen and oxygen atoms in total. The normalized spacial score (nSPS) is 10.6. The van der Waals surface area contributed by atoms with Gasteiger partial charge in [-0.1, -0.05) is 0 Å². The van der Waals surface area contributed by atoms with E-state index in [1.54, 1.807) is 17.1 Å². The SMILES string of the molecule is Cc1cc(C)n(-c2cncc(CN)n2)n1. The van der Waals surface area contributed by atoms with Crippen LogP contribution in [0.5, 0.6) is 0 Å². The van der Waals surface area contributed by atoms with Crippen molar-refractivity contribution in [1.82, 2.24) is 19.7 Å². The summed E-state index contributed by atoms with van der Waals surface area (Å²) in [6.07, 6.45) is 3.34. The first-order chi connectivity index (χ1) is 7.20. The Morgan fingerprint density at radius 3 is 2.73 bits per heavy atom. The van der Waals surface area contributed by atoms with Gasteiger partial charge in [0, 0.05) is 18.4 Å². The van der Waals surface area contributed by atoms with Crippen molar-refractivity contribution in [3.8, 4) is 5.82 Å². The summed E-state index contributed by atoms with van der Waals surface area (Å²) < 4.78 is 1.77. The van der Waals surface area contributed by atoms with Gasteiger partial charge in [0.15, 0.2) is 5.82 Å². The molecule has 0 aliphatic carbocycles. The topological polar surface area (TPSA) is 69.6 Å². The average molecular weight is 203 g/mol. The summed E-state index contributed by atoms with van der Waals surface area (Å²) >= 11 is 0. The lowest BCUT2D eigenvalue weighted by Crippen LogP contribution is -2.07. The van der Waals surface area contributed by atoms with E-state index in [9.17, 15) is 0 Å². The van der Waals surface area contributed by atoms with Crippen LogP contribution in [-0.4, -0.2) is 19.7 Å². The fourth-order valence-electron chi connectivity index (χ4n) is 1.46. The van der Waals surface area contributed by atoms with Crippen molar-refractivity contribution in [2.45, 2.75) is 20.4 Å². The molecule has 2 aromatic heterocycles. The summed E-state index contributed by atoms with van der Waals surface area (Å²) in [4.78, 5) is 8.43. The van der Waals surface area contributed by atoms with Gasteiger partial charge in [0.05, 0.1) is 17.6 Å². The van der Waals surface area contributed by atoms with E-state index in [0.717, 1.165) is 17.1 Å². The molecule has 78 valence electrons. The van der Waals surface area contributed by atoms with Crippen LogP contribution in [0.4, 0.5) is 0 Å². The zero-order valence-electron chi connectivity index (χ0n) is 8.81. The van der Waals surface area contributed by atoms with Gasteiger partial charge in [-0.15, -0.1) is 0 Å². The third-order valence-electron chi connectivity index (χ3n) is 2.11. The Balaban J connectivity index is 2.49. The molecule has 0 saturated heterocycles. The minimum absolute atomic E-state index is 0.389. The smallest absolute Gasteiger partial charge is 0.172 e. The van der Waals surface area contributed by atoms with Crippen LogP contribution in [0.25, 0.3) is 5.82 Å². The minimum Gasteiger partial charge on any atom is -0.325 e. The molecular formula is C10H13N5. The van der Waals surface area contributed by atoms with Crippen LogP contribution in [0.1, 0.15) is 17.1 Å². The van der Waals surface area contributed by atoms with Gasteiger partial charge in [-0.05, 0) is 19.9 Å². The average Bonchev–Trinajstić information content (AvgIpc) is 2.58. The zero-order chi connectivity index (χ0) is 10.8. The lowest BCUT2D eigenvalue weighted by Gasteiger charge is -2.03. The van der Waals surface area contributed by atoms with E-state index < -0.39 is 0 Å². The largest absolute Gasteiger partial charge is 0.325 e. The van der Waals surface area contributed by atoms with E-state index in [0.29, 0.717) is 12.4 Å². The molecule has 0 unspecified atom stereocenters. The molecular weight excluding hydrogens is 190 g/mol. The summed E-state index contributed by atoms with van der Waals surface area (Å²) in [5.74, 6) is 0.712. The number of aromatic nitrogens is 4. The fourth-order valence-corrected chi connectivity index (χ4v) is 1.46. The highest BCUT2D eigenvalue weighted by molar-refractivity contribution is 5.23. The summed E-state index contributed by atoms with van der Waals surface area (Å²) in [6, 6.07) is 2.00. The van der Waals surface area contributed by atoms with Crippen LogP contribution in [0.2, 0.25) is 0 Å². The number of aryl methyl sites for hydroxylation is 2. The van der Waals surface area contributed by atoms with Gasteiger partial charge in [0.2, 0.25) is 0 Å². The Bertz CT molecular complexity index is 474. The quantitative estimate of drug-likeness (QED) is 0.781. The predicted molar refractivity (Wildman–Crippen MR) is 56.5 cm³/mol. The second kappa shape index (κ2) is 3.78. The minimum atomic E-state index is 0.389. The summed E-state index contributed by atoms with van der Waals surface area (Å²) in [7, 11) is 0. The Labute approximate surface area is 88.0 Å². The summed E-state index contributed by atoms with van der Waals surface area (Å²) in [6.45, 7) is 4.32. The predicted octanol–water partition coefficient (Wildman–Crippen LogP) is 0.738. The third kappa shape index (κ3) is 1.87. The molecule has 0 aromatic carbocycles. The molecule has 0 aliphatic rings. The molecule has 2 N–H and O–H groups in total. The first kappa shape index (κ1) is 9.79. The second-order valence-electron chi connectivity index (χ2n) is 3.41. The molecule has 0 amide bonds. The van der Waals surface area contributed by atoms with Gasteiger partial charge >= 0.3 is 0 Å². The Hall–Kier alpha value is -1.75. The number of nitrogens with zero attached hydrogens (tertiary/aromatic N) is 4. The Kier molecular flexibility index (Phi) is 2.47. The van der Waals surface area contributed by atoms with Gasteiger partial charge in [-0.25, -0.2) is 9.67 Å². The lowest BCUT2D eigenvalue weighted by molar-refractivity contribution is 0.784. The molecule has 15 heavy (non-hydrogen) atoms. The van der Waals surface area contributed by atoms with Crippen molar-refractivity contribution in [3.63, 3.8) is 0 Å². The molecule has 0 saturated carbocycles. The number of rotatable bonds is 2. The van der Waals surface area contributed by atoms with Crippen LogP contribution in [0.3, 0.4) is 0 Å². The van der Waals surface area contributed by atoms with E-state index in [1.165, 1.54) is 0 Å². The highest BCUT2D eigenvalue weighted by Crippen LogP contribution is 2.08. The maximum absolute atomic E-state index is 5.51. The van der Waals surface area contributed by atoms with Crippen molar-refractivity contribution in [1.29, 1.82) is 0 Å². The van der Waals surface area contributed by atoms with E-state index in [1.807, 2.05) is 19.9 Å². The molecule has 0 atom stereocenters. The molecule has 2 heterocycles. The van der Waals surface area contributed by atoms with Crippen LogP contribution in [0.15, 0.2) is 18.5 Å². The van der Waals surface area contributed by atoms with Crippen LogP contribution in [-0.2, 0) is 6.54 Å². The maximum atomic E-state index is 5.51. The zero-order valence-corrected chi connectivity index (χ0v) is 8.81. The van der Waals surface area contributed by atoms with Gasteiger partial charge < -0.3 is 5.73 Å².